The van der Waals surface area contributed by atoms with Crippen LogP contribution in [0.5, 0.6) is 0 Å². The Morgan fingerprint density at radius 2 is 1.87 bits per heavy atom. The van der Waals surface area contributed by atoms with Gasteiger partial charge in [0, 0.05) is 17.3 Å². The van der Waals surface area contributed by atoms with Crippen LogP contribution in [0.15, 0.2) is 17.5 Å². The van der Waals surface area contributed by atoms with E-state index in [1.165, 1.54) is 37.0 Å². The second-order valence-corrected chi connectivity index (χ2v) is 9.18. The Kier molecular flexibility index (Phi) is 4.22. The molecule has 1 aromatic heterocycles. The molecule has 0 saturated heterocycles. The third-order valence-electron chi connectivity index (χ3n) is 6.49. The predicted molar refractivity (Wildman–Crippen MR) is 94.3 cm³/mol. The van der Waals surface area contributed by atoms with Crippen LogP contribution >= 0.6 is 11.3 Å². The van der Waals surface area contributed by atoms with Gasteiger partial charge in [0.15, 0.2) is 0 Å². The van der Waals surface area contributed by atoms with Crippen molar-refractivity contribution in [2.75, 3.05) is 20.6 Å². The average molecular weight is 333 g/mol. The zero-order valence-electron chi connectivity index (χ0n) is 14.2. The van der Waals surface area contributed by atoms with Crippen LogP contribution in [0, 0.1) is 29.6 Å². The average Bonchev–Trinajstić information content (AvgIpc) is 3.00. The minimum absolute atomic E-state index is 0.288. The van der Waals surface area contributed by atoms with Crippen molar-refractivity contribution < 1.29 is 4.79 Å². The van der Waals surface area contributed by atoms with Crippen molar-refractivity contribution in [3.8, 4) is 0 Å². The summed E-state index contributed by atoms with van der Waals surface area (Å²) in [6.45, 7) is 0.731. The molecular formula is C19H28N2OS. The van der Waals surface area contributed by atoms with Gasteiger partial charge >= 0.3 is 0 Å². The summed E-state index contributed by atoms with van der Waals surface area (Å²) in [5.74, 6) is 3.84. The predicted octanol–water partition coefficient (Wildman–Crippen LogP) is 3.54. The standard InChI is InChI=1S/C19H28N2OS/c1-21(2)16(17-4-3-5-23-17)11-20-19(22)18-14-7-12-6-13(9-14)10-15(18)8-12/h3-5,12-16,18H,6-11H2,1-2H3,(H,20,22). The van der Waals surface area contributed by atoms with E-state index in [2.05, 4.69) is 41.8 Å². The molecular weight excluding hydrogens is 304 g/mol. The Bertz CT molecular complexity index is 526. The van der Waals surface area contributed by atoms with E-state index in [0.717, 1.165) is 18.4 Å². The largest absolute Gasteiger partial charge is 0.354 e. The zero-order valence-corrected chi connectivity index (χ0v) is 15.0. The molecule has 3 nitrogen and oxygen atoms in total. The van der Waals surface area contributed by atoms with Gasteiger partial charge in [-0.3, -0.25) is 4.79 Å². The molecule has 5 rings (SSSR count). The molecule has 4 aliphatic carbocycles. The summed E-state index contributed by atoms with van der Waals surface area (Å²) in [6, 6.07) is 4.55. The Morgan fingerprint density at radius 1 is 1.22 bits per heavy atom. The highest BCUT2D eigenvalue weighted by Crippen LogP contribution is 2.56. The topological polar surface area (TPSA) is 32.3 Å². The number of carbonyl (C=O) groups excluding carboxylic acids is 1. The fraction of sp³-hybridized carbons (Fsp3) is 0.737. The van der Waals surface area contributed by atoms with Gasteiger partial charge in [-0.05, 0) is 81.3 Å². The van der Waals surface area contributed by atoms with E-state index in [-0.39, 0.29) is 6.04 Å². The molecule has 4 fully saturated rings. The molecule has 0 radical (unpaired) electrons. The minimum atomic E-state index is 0.288. The number of hydrogen-bond donors (Lipinski definition) is 1. The third kappa shape index (κ3) is 2.96. The van der Waals surface area contributed by atoms with E-state index in [4.69, 9.17) is 0 Å². The van der Waals surface area contributed by atoms with Gasteiger partial charge in [0.25, 0.3) is 0 Å². The number of hydrogen-bond acceptors (Lipinski definition) is 3. The molecule has 1 amide bonds. The molecule has 1 heterocycles. The van der Waals surface area contributed by atoms with Gasteiger partial charge in [0.1, 0.15) is 0 Å². The van der Waals surface area contributed by atoms with Crippen LogP contribution in [0.25, 0.3) is 0 Å². The lowest BCUT2D eigenvalue weighted by molar-refractivity contribution is -0.138. The normalized spacial score (nSPS) is 36.4. The Hall–Kier alpha value is -0.870. The number of rotatable bonds is 5. The monoisotopic (exact) mass is 332 g/mol. The first-order valence-electron chi connectivity index (χ1n) is 9.09. The summed E-state index contributed by atoms with van der Waals surface area (Å²) in [4.78, 5) is 16.4. The molecule has 0 aromatic carbocycles. The van der Waals surface area contributed by atoms with Crippen LogP contribution in [-0.4, -0.2) is 31.4 Å². The number of thiophene rings is 1. The van der Waals surface area contributed by atoms with Crippen LogP contribution < -0.4 is 5.32 Å². The Morgan fingerprint density at radius 3 is 2.39 bits per heavy atom. The highest BCUT2D eigenvalue weighted by molar-refractivity contribution is 7.10. The summed E-state index contributed by atoms with van der Waals surface area (Å²) in [5.41, 5.74) is 0. The van der Waals surface area contributed by atoms with Crippen LogP contribution in [0.3, 0.4) is 0 Å². The number of nitrogens with one attached hydrogen (secondary N) is 1. The molecule has 1 unspecified atom stereocenters. The van der Waals surface area contributed by atoms with Gasteiger partial charge in [0.2, 0.25) is 5.91 Å². The molecule has 4 saturated carbocycles. The van der Waals surface area contributed by atoms with Crippen molar-refractivity contribution in [3.05, 3.63) is 22.4 Å². The van der Waals surface area contributed by atoms with Crippen molar-refractivity contribution in [1.82, 2.24) is 10.2 Å². The Labute approximate surface area is 143 Å². The number of likely N-dealkylation sites (N-methyl/N-ethyl adjacent to an activating group) is 1. The first-order valence-corrected chi connectivity index (χ1v) is 9.97. The van der Waals surface area contributed by atoms with E-state index in [1.807, 2.05) is 0 Å². The van der Waals surface area contributed by atoms with Gasteiger partial charge in [-0.1, -0.05) is 6.07 Å². The molecule has 1 atom stereocenters. The van der Waals surface area contributed by atoms with Gasteiger partial charge in [-0.2, -0.15) is 0 Å². The lowest BCUT2D eigenvalue weighted by atomic mass is 9.51. The zero-order chi connectivity index (χ0) is 16.0. The number of carbonyl (C=O) groups is 1. The van der Waals surface area contributed by atoms with Crippen LogP contribution in [0.1, 0.15) is 43.0 Å². The maximum Gasteiger partial charge on any atom is 0.223 e. The summed E-state index contributed by atoms with van der Waals surface area (Å²) >= 11 is 1.78. The molecule has 0 aliphatic heterocycles. The molecule has 4 bridgehead atoms. The fourth-order valence-corrected chi connectivity index (χ4v) is 6.61. The fourth-order valence-electron chi connectivity index (χ4n) is 5.69. The van der Waals surface area contributed by atoms with E-state index < -0.39 is 0 Å². The lowest BCUT2D eigenvalue weighted by Crippen LogP contribution is -2.51. The maximum atomic E-state index is 12.9. The van der Waals surface area contributed by atoms with Crippen molar-refractivity contribution in [2.24, 2.45) is 29.6 Å². The summed E-state index contributed by atoms with van der Waals surface area (Å²) in [7, 11) is 4.19. The van der Waals surface area contributed by atoms with Crippen molar-refractivity contribution in [3.63, 3.8) is 0 Å². The Balaban J connectivity index is 1.40. The maximum absolute atomic E-state index is 12.9. The summed E-state index contributed by atoms with van der Waals surface area (Å²) in [6.07, 6.45) is 6.70. The SMILES string of the molecule is CN(C)C(CNC(=O)C1C2CC3CC(C2)CC1C3)c1cccs1. The van der Waals surface area contributed by atoms with Crippen LogP contribution in [0.4, 0.5) is 0 Å². The highest BCUT2D eigenvalue weighted by atomic mass is 32.1. The van der Waals surface area contributed by atoms with Gasteiger partial charge in [0.05, 0.1) is 6.04 Å². The smallest absolute Gasteiger partial charge is 0.223 e. The first kappa shape index (κ1) is 15.6. The van der Waals surface area contributed by atoms with E-state index in [9.17, 15) is 4.79 Å². The van der Waals surface area contributed by atoms with Crippen LogP contribution in [-0.2, 0) is 4.79 Å². The molecule has 23 heavy (non-hydrogen) atoms. The van der Waals surface area contributed by atoms with Crippen molar-refractivity contribution >= 4 is 17.2 Å². The molecule has 4 aliphatic rings. The van der Waals surface area contributed by atoms with E-state index in [0.29, 0.717) is 23.7 Å². The quantitative estimate of drug-likeness (QED) is 0.894. The number of nitrogens with zero attached hydrogens (tertiary/aromatic N) is 1. The second-order valence-electron chi connectivity index (χ2n) is 8.20. The summed E-state index contributed by atoms with van der Waals surface area (Å²) in [5, 5.41) is 5.42. The van der Waals surface area contributed by atoms with Gasteiger partial charge < -0.3 is 10.2 Å². The van der Waals surface area contributed by atoms with Crippen molar-refractivity contribution in [2.45, 2.75) is 38.1 Å². The molecule has 1 N–H and O–H groups in total. The molecule has 1 aromatic rings. The summed E-state index contributed by atoms with van der Waals surface area (Å²) < 4.78 is 0. The third-order valence-corrected chi connectivity index (χ3v) is 7.47. The van der Waals surface area contributed by atoms with Gasteiger partial charge in [-0.15, -0.1) is 11.3 Å². The second kappa shape index (κ2) is 6.21. The van der Waals surface area contributed by atoms with E-state index in [1.54, 1.807) is 11.3 Å². The highest BCUT2D eigenvalue weighted by Gasteiger charge is 2.50. The molecule has 126 valence electrons. The van der Waals surface area contributed by atoms with Crippen molar-refractivity contribution in [1.29, 1.82) is 0 Å². The number of amides is 1. The molecule has 4 heteroatoms. The first-order chi connectivity index (χ1) is 11.1. The van der Waals surface area contributed by atoms with Crippen LogP contribution in [0.2, 0.25) is 0 Å². The minimum Gasteiger partial charge on any atom is -0.354 e. The lowest BCUT2D eigenvalue weighted by Gasteiger charge is -2.53. The van der Waals surface area contributed by atoms with Gasteiger partial charge in [-0.25, -0.2) is 0 Å². The van der Waals surface area contributed by atoms with E-state index >= 15 is 0 Å². The molecule has 0 spiro atoms.